The molecule has 0 heterocycles. The van der Waals surface area contributed by atoms with E-state index in [1.807, 2.05) is 39.8 Å². The first kappa shape index (κ1) is 37.9. The van der Waals surface area contributed by atoms with Crippen molar-refractivity contribution in [3.8, 4) is 16.9 Å². The van der Waals surface area contributed by atoms with Crippen molar-refractivity contribution < 1.29 is 14.6 Å². The van der Waals surface area contributed by atoms with Crippen LogP contribution in [0.4, 0.5) is 34.1 Å². The number of aryl methyl sites for hydroxylation is 3. The average molecular weight is 717 g/mol. The van der Waals surface area contributed by atoms with E-state index in [-0.39, 0.29) is 5.97 Å². The first-order valence-electron chi connectivity index (χ1n) is 18.8. The zero-order chi connectivity index (χ0) is 38.7. The molecule has 0 bridgehead atoms. The van der Waals surface area contributed by atoms with E-state index < -0.39 is 5.41 Å². The van der Waals surface area contributed by atoms with Crippen LogP contribution in [0.5, 0.6) is 5.75 Å². The number of carbonyl (C=O) groups excluding carboxylic acids is 1. The Morgan fingerprint density at radius 2 is 1.04 bits per heavy atom. The summed E-state index contributed by atoms with van der Waals surface area (Å²) in [7, 11) is 0. The van der Waals surface area contributed by atoms with E-state index in [0.717, 1.165) is 50.7 Å². The van der Waals surface area contributed by atoms with Crippen LogP contribution in [0.25, 0.3) is 11.1 Å². The number of benzene rings is 6. The van der Waals surface area contributed by atoms with Gasteiger partial charge in [-0.15, -0.1) is 0 Å². The highest BCUT2D eigenvalue weighted by Gasteiger charge is 2.29. The molecule has 0 unspecified atom stereocenters. The number of nitrogens with zero attached hydrogens (tertiary/aromatic N) is 2. The Morgan fingerprint density at radius 1 is 0.537 bits per heavy atom. The van der Waals surface area contributed by atoms with E-state index in [4.69, 9.17) is 9.78 Å². The molecule has 5 heteroatoms. The fourth-order valence-corrected chi connectivity index (χ4v) is 6.62. The second kappa shape index (κ2) is 15.7. The van der Waals surface area contributed by atoms with Crippen LogP contribution in [0.3, 0.4) is 0 Å². The van der Waals surface area contributed by atoms with Gasteiger partial charge < -0.3 is 9.80 Å². The van der Waals surface area contributed by atoms with Gasteiger partial charge in [0.25, 0.3) is 0 Å². The van der Waals surface area contributed by atoms with Gasteiger partial charge in [0.15, 0.2) is 5.75 Å². The van der Waals surface area contributed by atoms with Crippen molar-refractivity contribution in [2.75, 3.05) is 9.80 Å². The maximum atomic E-state index is 12.7. The molecule has 6 aromatic carbocycles. The van der Waals surface area contributed by atoms with Crippen molar-refractivity contribution in [3.05, 3.63) is 160 Å². The molecule has 0 atom stereocenters. The number of carbonyl (C=O) groups is 1. The lowest BCUT2D eigenvalue weighted by molar-refractivity contribution is -0.224. The fourth-order valence-electron chi connectivity index (χ4n) is 6.62. The summed E-state index contributed by atoms with van der Waals surface area (Å²) in [6.45, 7) is 20.6. The van der Waals surface area contributed by atoms with Crippen molar-refractivity contribution in [3.63, 3.8) is 0 Å². The number of rotatable bonds is 11. The van der Waals surface area contributed by atoms with Gasteiger partial charge in [-0.1, -0.05) is 67.6 Å². The highest BCUT2D eigenvalue weighted by Crippen LogP contribution is 2.43. The quantitative estimate of drug-likeness (QED) is 0.0986. The van der Waals surface area contributed by atoms with E-state index in [1.54, 1.807) is 0 Å². The summed E-state index contributed by atoms with van der Waals surface area (Å²) in [5, 5.41) is 0. The molecule has 0 aliphatic carbocycles. The molecule has 0 fully saturated rings. The van der Waals surface area contributed by atoms with Crippen molar-refractivity contribution in [2.24, 2.45) is 5.41 Å². The minimum absolute atomic E-state index is 0.386. The van der Waals surface area contributed by atoms with Gasteiger partial charge in [0.2, 0.25) is 0 Å². The van der Waals surface area contributed by atoms with E-state index in [1.165, 1.54) is 33.5 Å². The van der Waals surface area contributed by atoms with E-state index in [2.05, 4.69) is 161 Å². The molecule has 0 saturated heterocycles. The van der Waals surface area contributed by atoms with Gasteiger partial charge >= 0.3 is 5.97 Å². The topological polar surface area (TPSA) is 42.0 Å². The van der Waals surface area contributed by atoms with Gasteiger partial charge in [-0.25, -0.2) is 9.68 Å². The largest absolute Gasteiger partial charge is 0.360 e. The molecule has 6 rings (SSSR count). The zero-order valence-corrected chi connectivity index (χ0v) is 33.4. The molecular formula is C49H52N2O3. The van der Waals surface area contributed by atoms with E-state index in [9.17, 15) is 4.79 Å². The molecule has 6 aromatic rings. The Labute approximate surface area is 321 Å². The van der Waals surface area contributed by atoms with Crippen molar-refractivity contribution in [2.45, 2.75) is 75.7 Å². The van der Waals surface area contributed by atoms with Crippen LogP contribution in [0.2, 0.25) is 0 Å². The van der Waals surface area contributed by atoms with Crippen LogP contribution in [-0.2, 0) is 9.68 Å². The fraction of sp³-hybridized carbons (Fsp3) is 0.245. The normalized spacial score (nSPS) is 11.3. The summed E-state index contributed by atoms with van der Waals surface area (Å²) >= 11 is 0. The first-order valence-corrected chi connectivity index (χ1v) is 18.8. The summed E-state index contributed by atoms with van der Waals surface area (Å²) in [5.41, 5.74) is 16.3. The van der Waals surface area contributed by atoms with E-state index in [0.29, 0.717) is 12.2 Å². The Bertz CT molecular complexity index is 2290. The Balaban J connectivity index is 1.34. The number of hydrogen-bond donors (Lipinski definition) is 0. The smallest absolute Gasteiger partial charge is 0.310 e. The number of anilines is 6. The molecule has 54 heavy (non-hydrogen) atoms. The Kier molecular flexibility index (Phi) is 11.0. The zero-order valence-electron chi connectivity index (χ0n) is 33.4. The lowest BCUT2D eigenvalue weighted by Crippen LogP contribution is -2.27. The number of hydrogen-bond acceptors (Lipinski definition) is 5. The maximum Gasteiger partial charge on any atom is 0.360 e. The van der Waals surface area contributed by atoms with Crippen LogP contribution >= 0.6 is 0 Å². The van der Waals surface area contributed by atoms with Gasteiger partial charge in [0.1, 0.15) is 0 Å². The third-order valence-corrected chi connectivity index (χ3v) is 11.1. The summed E-state index contributed by atoms with van der Waals surface area (Å²) in [6.07, 6.45) is 0.654. The molecule has 276 valence electrons. The van der Waals surface area contributed by atoms with Crippen LogP contribution in [0.15, 0.2) is 121 Å². The summed E-state index contributed by atoms with van der Waals surface area (Å²) in [4.78, 5) is 28.2. The third kappa shape index (κ3) is 7.63. The van der Waals surface area contributed by atoms with E-state index >= 15 is 0 Å². The molecule has 0 N–H and O–H groups in total. The SMILES string of the molecule is CCC(C)(C)C(=O)OOc1ccc(N(c2ccc(-c3ccc(N(c4cccc(C)c4)c4cccc(C)c4C)cc3)cc2)c2cccc(C)c2C)c(C)c1C. The van der Waals surface area contributed by atoms with Crippen molar-refractivity contribution in [1.29, 1.82) is 0 Å². The molecule has 0 saturated carbocycles. The van der Waals surface area contributed by atoms with Crippen molar-refractivity contribution >= 4 is 40.1 Å². The Hall–Kier alpha value is -5.81. The van der Waals surface area contributed by atoms with Crippen molar-refractivity contribution in [1.82, 2.24) is 0 Å². The van der Waals surface area contributed by atoms with Gasteiger partial charge in [0, 0.05) is 39.7 Å². The predicted octanol–water partition coefficient (Wildman–Crippen LogP) is 13.7. The third-order valence-electron chi connectivity index (χ3n) is 11.1. The average Bonchev–Trinajstić information content (AvgIpc) is 3.17. The van der Waals surface area contributed by atoms with Gasteiger partial charge in [-0.3, -0.25) is 4.89 Å². The minimum Gasteiger partial charge on any atom is -0.310 e. The monoisotopic (exact) mass is 716 g/mol. The maximum absolute atomic E-state index is 12.7. The van der Waals surface area contributed by atoms with Crippen LogP contribution < -0.4 is 14.7 Å². The van der Waals surface area contributed by atoms with Crippen LogP contribution in [0.1, 0.15) is 66.1 Å². The second-order valence-electron chi connectivity index (χ2n) is 15.1. The second-order valence-corrected chi connectivity index (χ2v) is 15.1. The molecule has 0 aliphatic rings. The highest BCUT2D eigenvalue weighted by atomic mass is 17.2. The minimum atomic E-state index is -0.626. The lowest BCUT2D eigenvalue weighted by atomic mass is 9.91. The molecule has 0 aromatic heterocycles. The van der Waals surface area contributed by atoms with Gasteiger partial charge in [-0.2, -0.15) is 0 Å². The molecule has 5 nitrogen and oxygen atoms in total. The summed E-state index contributed by atoms with van der Waals surface area (Å²) in [6, 6.07) is 43.1. The Morgan fingerprint density at radius 3 is 1.57 bits per heavy atom. The molecule has 0 aliphatic heterocycles. The first-order chi connectivity index (χ1) is 25.8. The standard InChI is InChI=1S/C49H52N2O3/c1-11-49(9,10)48(52)54-53-47-30-29-46(37(7)38(47)8)51(45-20-14-17-34(4)36(45)6)42-27-23-40(24-28-42)39-21-25-41(26-22-39)50(43-18-12-15-32(2)31-43)44-19-13-16-33(3)35(44)5/h12-31H,11H2,1-10H3. The van der Waals surface area contributed by atoms with Gasteiger partial charge in [0.05, 0.1) is 5.41 Å². The molecule has 0 radical (unpaired) electrons. The highest BCUT2D eigenvalue weighted by molar-refractivity contribution is 5.84. The molecular weight excluding hydrogens is 665 g/mol. The van der Waals surface area contributed by atoms with Crippen LogP contribution in [0, 0.1) is 53.9 Å². The summed E-state index contributed by atoms with van der Waals surface area (Å²) in [5.74, 6) is 0.137. The predicted molar refractivity (Wildman–Crippen MR) is 225 cm³/mol. The van der Waals surface area contributed by atoms with Gasteiger partial charge in [-0.05, 0) is 174 Å². The summed E-state index contributed by atoms with van der Waals surface area (Å²) < 4.78 is 0. The van der Waals surface area contributed by atoms with Crippen LogP contribution in [-0.4, -0.2) is 5.97 Å². The molecule has 0 spiro atoms. The molecule has 0 amide bonds. The lowest BCUT2D eigenvalue weighted by Gasteiger charge is -2.30.